The summed E-state index contributed by atoms with van der Waals surface area (Å²) in [5, 5.41) is 17.3. The molecular formula is C25H25N7O2S. The topological polar surface area (TPSA) is 125 Å². The van der Waals surface area contributed by atoms with Crippen molar-refractivity contribution in [3.05, 3.63) is 75.0 Å². The van der Waals surface area contributed by atoms with Gasteiger partial charge in [0.05, 0.1) is 22.2 Å². The van der Waals surface area contributed by atoms with Crippen LogP contribution in [0.1, 0.15) is 29.6 Å². The lowest BCUT2D eigenvalue weighted by atomic mass is 10.1. The van der Waals surface area contributed by atoms with Gasteiger partial charge in [0.1, 0.15) is 29.3 Å². The Hall–Kier alpha value is -3.89. The maximum atomic E-state index is 13.7. The van der Waals surface area contributed by atoms with Crippen LogP contribution in [0.25, 0.3) is 33.0 Å². The Kier molecular flexibility index (Phi) is 5.91. The number of hydrogen-bond donors (Lipinski definition) is 2. The highest BCUT2D eigenvalue weighted by Gasteiger charge is 2.20. The number of aliphatic hydroxyl groups is 1. The van der Waals surface area contributed by atoms with E-state index in [0.29, 0.717) is 38.6 Å². The molecule has 1 atom stereocenters. The highest BCUT2D eigenvalue weighted by Crippen LogP contribution is 2.26. The predicted molar refractivity (Wildman–Crippen MR) is 139 cm³/mol. The van der Waals surface area contributed by atoms with Gasteiger partial charge in [-0.1, -0.05) is 31.2 Å². The fourth-order valence-corrected chi connectivity index (χ4v) is 5.00. The molecule has 0 spiro atoms. The first-order valence-electron chi connectivity index (χ1n) is 11.2. The van der Waals surface area contributed by atoms with Crippen molar-refractivity contribution in [1.29, 1.82) is 0 Å². The number of thiophene rings is 1. The van der Waals surface area contributed by atoms with E-state index in [2.05, 4.69) is 9.97 Å². The summed E-state index contributed by atoms with van der Waals surface area (Å²) in [5.41, 5.74) is 9.86. The maximum absolute atomic E-state index is 13.7. The highest BCUT2D eigenvalue weighted by atomic mass is 32.1. The smallest absolute Gasteiger partial charge is 0.267 e. The van der Waals surface area contributed by atoms with E-state index in [4.69, 9.17) is 15.8 Å². The summed E-state index contributed by atoms with van der Waals surface area (Å²) in [4.78, 5) is 27.9. The number of anilines is 1. The molecule has 0 aliphatic carbocycles. The maximum Gasteiger partial charge on any atom is 0.267 e. The third-order valence-corrected chi connectivity index (χ3v) is 6.96. The molecule has 1 unspecified atom stereocenters. The molecule has 0 aliphatic rings. The van der Waals surface area contributed by atoms with Crippen LogP contribution in [0.4, 0.5) is 5.82 Å². The monoisotopic (exact) mass is 487 g/mol. The minimum atomic E-state index is -0.111. The zero-order valence-electron chi connectivity index (χ0n) is 19.6. The van der Waals surface area contributed by atoms with Gasteiger partial charge in [-0.15, -0.1) is 11.3 Å². The summed E-state index contributed by atoms with van der Waals surface area (Å²) in [6, 6.07) is 7.74. The quantitative estimate of drug-likeness (QED) is 0.376. The number of hydrogen-bond acceptors (Lipinski definition) is 8. The minimum absolute atomic E-state index is 0.0218. The molecule has 0 fully saturated rings. The highest BCUT2D eigenvalue weighted by molar-refractivity contribution is 7.16. The molecule has 0 bridgehead atoms. The second-order valence-electron chi connectivity index (χ2n) is 8.57. The summed E-state index contributed by atoms with van der Waals surface area (Å²) in [5.74, 6) is 0.809. The van der Waals surface area contributed by atoms with Gasteiger partial charge in [0.25, 0.3) is 5.56 Å². The Bertz CT molecular complexity index is 1650. The van der Waals surface area contributed by atoms with E-state index in [1.165, 1.54) is 17.7 Å². The molecule has 4 aromatic heterocycles. The van der Waals surface area contributed by atoms with Crippen LogP contribution in [0.3, 0.4) is 0 Å². The first-order chi connectivity index (χ1) is 16.9. The second-order valence-corrected chi connectivity index (χ2v) is 9.43. The van der Waals surface area contributed by atoms with Crippen LogP contribution in [-0.4, -0.2) is 41.0 Å². The van der Waals surface area contributed by atoms with Crippen LogP contribution < -0.4 is 11.3 Å². The molecule has 35 heavy (non-hydrogen) atoms. The van der Waals surface area contributed by atoms with Gasteiger partial charge in [-0.25, -0.2) is 19.6 Å². The zero-order valence-corrected chi connectivity index (χ0v) is 20.5. The normalized spacial score (nSPS) is 12.8. The van der Waals surface area contributed by atoms with Crippen molar-refractivity contribution in [2.24, 2.45) is 5.92 Å². The third kappa shape index (κ3) is 4.00. The third-order valence-electron chi connectivity index (χ3n) is 5.97. The standard InChI is InChI=1S/C25H25N7O2S/c1-14(11-33)8-9-17-21-22(26)27-13-28-23(21)31(30-17)10-19-29-24-20(16(3)12-35-24)25(34)32(19)18-7-5-4-6-15(18)2/h4-9,12-14,33H,10-11H2,1-3H3,(H2,26,27,28)/b9-8+. The summed E-state index contributed by atoms with van der Waals surface area (Å²) in [7, 11) is 0. The average molecular weight is 488 g/mol. The lowest BCUT2D eigenvalue weighted by Crippen LogP contribution is -2.26. The van der Waals surface area contributed by atoms with Crippen molar-refractivity contribution in [2.75, 3.05) is 12.3 Å². The minimum Gasteiger partial charge on any atom is -0.396 e. The van der Waals surface area contributed by atoms with Gasteiger partial charge in [0, 0.05) is 6.61 Å². The number of nitrogen functional groups attached to an aromatic ring is 1. The van der Waals surface area contributed by atoms with E-state index in [9.17, 15) is 9.90 Å². The Morgan fingerprint density at radius 3 is 2.74 bits per heavy atom. The van der Waals surface area contributed by atoms with Crippen LogP contribution >= 0.6 is 11.3 Å². The summed E-state index contributed by atoms with van der Waals surface area (Å²) in [6.45, 7) is 6.02. The zero-order chi connectivity index (χ0) is 24.7. The van der Waals surface area contributed by atoms with E-state index >= 15 is 0 Å². The largest absolute Gasteiger partial charge is 0.396 e. The van der Waals surface area contributed by atoms with Gasteiger partial charge < -0.3 is 10.8 Å². The molecule has 0 saturated carbocycles. The molecule has 10 heteroatoms. The van der Waals surface area contributed by atoms with Gasteiger partial charge in [-0.3, -0.25) is 9.36 Å². The van der Waals surface area contributed by atoms with Crippen molar-refractivity contribution in [3.63, 3.8) is 0 Å². The number of aromatic nitrogens is 6. The molecule has 5 aromatic rings. The lowest BCUT2D eigenvalue weighted by Gasteiger charge is -2.15. The molecule has 0 saturated heterocycles. The van der Waals surface area contributed by atoms with E-state index in [1.807, 2.05) is 62.6 Å². The van der Waals surface area contributed by atoms with Crippen molar-refractivity contribution in [2.45, 2.75) is 27.3 Å². The number of aryl methyl sites for hydroxylation is 2. The van der Waals surface area contributed by atoms with Crippen LogP contribution in [0, 0.1) is 19.8 Å². The van der Waals surface area contributed by atoms with Crippen LogP contribution in [0.15, 0.2) is 46.8 Å². The number of nitrogens with zero attached hydrogens (tertiary/aromatic N) is 6. The molecule has 0 aliphatic heterocycles. The van der Waals surface area contributed by atoms with E-state index < -0.39 is 0 Å². The van der Waals surface area contributed by atoms with Crippen molar-refractivity contribution < 1.29 is 5.11 Å². The molecule has 178 valence electrons. The Morgan fingerprint density at radius 2 is 1.97 bits per heavy atom. The SMILES string of the molecule is Cc1ccccc1-n1c(Cn2nc(/C=C/C(C)CO)c3c(N)ncnc32)nc2scc(C)c2c1=O. The Labute approximate surface area is 205 Å². The summed E-state index contributed by atoms with van der Waals surface area (Å²) in [6.07, 6.45) is 5.07. The van der Waals surface area contributed by atoms with E-state index in [1.54, 1.807) is 9.25 Å². The molecule has 0 radical (unpaired) electrons. The number of nitrogens with two attached hydrogens (primary N) is 1. The molecule has 9 nitrogen and oxygen atoms in total. The van der Waals surface area contributed by atoms with Crippen LogP contribution in [0.5, 0.6) is 0 Å². The number of rotatable bonds is 6. The first-order valence-corrected chi connectivity index (χ1v) is 12.1. The van der Waals surface area contributed by atoms with Gasteiger partial charge in [-0.2, -0.15) is 5.10 Å². The molecule has 4 heterocycles. The fraction of sp³-hybridized carbons (Fsp3) is 0.240. The summed E-state index contributed by atoms with van der Waals surface area (Å²) >= 11 is 1.45. The number of aliphatic hydroxyl groups excluding tert-OH is 1. The number of benzene rings is 1. The van der Waals surface area contributed by atoms with E-state index in [-0.39, 0.29) is 24.6 Å². The van der Waals surface area contributed by atoms with Crippen LogP contribution in [-0.2, 0) is 6.54 Å². The molecule has 3 N–H and O–H groups in total. The molecule has 0 amide bonds. The van der Waals surface area contributed by atoms with E-state index in [0.717, 1.165) is 16.8 Å². The Morgan fingerprint density at radius 1 is 1.17 bits per heavy atom. The fourth-order valence-electron chi connectivity index (χ4n) is 4.07. The van der Waals surface area contributed by atoms with Gasteiger partial charge in [0.2, 0.25) is 0 Å². The Balaban J connectivity index is 1.73. The first kappa shape index (κ1) is 22.9. The van der Waals surface area contributed by atoms with Gasteiger partial charge >= 0.3 is 0 Å². The number of para-hydroxylation sites is 1. The van der Waals surface area contributed by atoms with Crippen molar-refractivity contribution in [1.82, 2.24) is 29.3 Å². The summed E-state index contributed by atoms with van der Waals surface area (Å²) < 4.78 is 3.36. The van der Waals surface area contributed by atoms with Crippen molar-refractivity contribution >= 4 is 44.5 Å². The van der Waals surface area contributed by atoms with Gasteiger partial charge in [-0.05, 0) is 48.4 Å². The molecule has 1 aromatic carbocycles. The van der Waals surface area contributed by atoms with Gasteiger partial charge in [0.15, 0.2) is 5.65 Å². The lowest BCUT2D eigenvalue weighted by molar-refractivity contribution is 0.262. The second kappa shape index (κ2) is 9.05. The molecule has 5 rings (SSSR count). The number of fused-ring (bicyclic) bond motifs is 2. The predicted octanol–water partition coefficient (Wildman–Crippen LogP) is 3.48. The average Bonchev–Trinajstić information content (AvgIpc) is 3.39. The molecular weight excluding hydrogens is 462 g/mol. The van der Waals surface area contributed by atoms with Crippen molar-refractivity contribution in [3.8, 4) is 5.69 Å². The van der Waals surface area contributed by atoms with Crippen LogP contribution in [0.2, 0.25) is 0 Å².